The van der Waals surface area contributed by atoms with Crippen molar-refractivity contribution >= 4 is 11.8 Å². The third-order valence-electron chi connectivity index (χ3n) is 4.05. The van der Waals surface area contributed by atoms with E-state index in [4.69, 9.17) is 4.74 Å². The molecule has 2 nitrogen and oxygen atoms in total. The van der Waals surface area contributed by atoms with Gasteiger partial charge in [-0.3, -0.25) is 0 Å². The van der Waals surface area contributed by atoms with Crippen molar-refractivity contribution in [1.29, 1.82) is 0 Å². The van der Waals surface area contributed by atoms with Crippen LogP contribution in [0.25, 0.3) is 0 Å². The maximum atomic E-state index is 13.7. The maximum absolute atomic E-state index is 13.7. The molecule has 2 saturated heterocycles. The summed E-state index contributed by atoms with van der Waals surface area (Å²) < 4.78 is 19.1. The van der Waals surface area contributed by atoms with Gasteiger partial charge in [0.25, 0.3) is 0 Å². The standard InChI is InChI=1S/C15H19FO2S/c1-2-18-12-6-10(5-11(16)7-12)15(17)8-13-3-4-14(9-15)19-13/h5-7,13-14,17H,2-4,8-9H2,1H3. The van der Waals surface area contributed by atoms with Crippen LogP contribution in [0.4, 0.5) is 4.39 Å². The lowest BCUT2D eigenvalue weighted by Gasteiger charge is -2.36. The first-order valence-electron chi connectivity index (χ1n) is 6.91. The van der Waals surface area contributed by atoms with E-state index in [-0.39, 0.29) is 5.82 Å². The van der Waals surface area contributed by atoms with Crippen LogP contribution in [0.2, 0.25) is 0 Å². The van der Waals surface area contributed by atoms with E-state index in [9.17, 15) is 9.50 Å². The summed E-state index contributed by atoms with van der Waals surface area (Å²) in [6, 6.07) is 4.63. The summed E-state index contributed by atoms with van der Waals surface area (Å²) in [5.74, 6) is 0.177. The summed E-state index contributed by atoms with van der Waals surface area (Å²) in [4.78, 5) is 0. The fourth-order valence-corrected chi connectivity index (χ4v) is 5.07. The molecular formula is C15H19FO2S. The minimum atomic E-state index is -0.884. The lowest BCUT2D eigenvalue weighted by molar-refractivity contribution is 0.0191. The molecule has 1 N–H and O–H groups in total. The highest BCUT2D eigenvalue weighted by atomic mass is 32.2. The molecule has 2 fully saturated rings. The van der Waals surface area contributed by atoms with E-state index in [2.05, 4.69) is 0 Å². The molecule has 3 rings (SSSR count). The van der Waals surface area contributed by atoms with Crippen molar-refractivity contribution in [2.75, 3.05) is 6.61 Å². The fourth-order valence-electron chi connectivity index (χ4n) is 3.23. The van der Waals surface area contributed by atoms with Crippen LogP contribution >= 0.6 is 11.8 Å². The molecule has 1 aromatic rings. The molecule has 0 spiro atoms. The quantitative estimate of drug-likeness (QED) is 0.920. The predicted octanol–water partition coefficient (Wildman–Crippen LogP) is 3.47. The van der Waals surface area contributed by atoms with Crippen LogP contribution < -0.4 is 4.74 Å². The van der Waals surface area contributed by atoms with Gasteiger partial charge in [0.2, 0.25) is 0 Å². The maximum Gasteiger partial charge on any atom is 0.127 e. The van der Waals surface area contributed by atoms with Gasteiger partial charge < -0.3 is 9.84 Å². The topological polar surface area (TPSA) is 29.5 Å². The average Bonchev–Trinajstić information content (AvgIpc) is 2.69. The first-order valence-corrected chi connectivity index (χ1v) is 7.85. The van der Waals surface area contributed by atoms with Gasteiger partial charge in [0, 0.05) is 16.6 Å². The lowest BCUT2D eigenvalue weighted by atomic mass is 9.86. The van der Waals surface area contributed by atoms with E-state index in [1.807, 2.05) is 18.7 Å². The number of hydrogen-bond donors (Lipinski definition) is 1. The van der Waals surface area contributed by atoms with Crippen LogP contribution in [-0.2, 0) is 5.60 Å². The number of aliphatic hydroxyl groups is 1. The van der Waals surface area contributed by atoms with E-state index in [0.29, 0.717) is 28.4 Å². The van der Waals surface area contributed by atoms with Crippen LogP contribution in [0.1, 0.15) is 38.2 Å². The van der Waals surface area contributed by atoms with Gasteiger partial charge in [-0.2, -0.15) is 11.8 Å². The highest BCUT2D eigenvalue weighted by Crippen LogP contribution is 2.51. The Hall–Kier alpha value is -0.740. The van der Waals surface area contributed by atoms with Crippen molar-refractivity contribution in [1.82, 2.24) is 0 Å². The second-order valence-electron chi connectivity index (χ2n) is 5.51. The largest absolute Gasteiger partial charge is 0.494 e. The molecular weight excluding hydrogens is 263 g/mol. The van der Waals surface area contributed by atoms with E-state index >= 15 is 0 Å². The number of ether oxygens (including phenoxy) is 1. The molecule has 19 heavy (non-hydrogen) atoms. The van der Waals surface area contributed by atoms with Gasteiger partial charge in [0.05, 0.1) is 12.2 Å². The summed E-state index contributed by atoms with van der Waals surface area (Å²) >= 11 is 1.98. The molecule has 1 aromatic carbocycles. The molecule has 0 amide bonds. The summed E-state index contributed by atoms with van der Waals surface area (Å²) in [7, 11) is 0. The molecule has 2 atom stereocenters. The molecule has 4 heteroatoms. The number of halogens is 1. The lowest BCUT2D eigenvalue weighted by Crippen LogP contribution is -2.34. The highest BCUT2D eigenvalue weighted by Gasteiger charge is 2.44. The minimum absolute atomic E-state index is 0.333. The van der Waals surface area contributed by atoms with Gasteiger partial charge in [-0.05, 0) is 50.3 Å². The van der Waals surface area contributed by atoms with Crippen molar-refractivity contribution in [3.63, 3.8) is 0 Å². The van der Waals surface area contributed by atoms with Crippen LogP contribution in [0.15, 0.2) is 18.2 Å². The third kappa shape index (κ3) is 2.61. The average molecular weight is 282 g/mol. The number of hydrogen-bond acceptors (Lipinski definition) is 3. The molecule has 2 aliphatic heterocycles. The van der Waals surface area contributed by atoms with Gasteiger partial charge >= 0.3 is 0 Å². The molecule has 0 aromatic heterocycles. The first-order chi connectivity index (χ1) is 9.09. The Labute approximate surface area is 117 Å². The zero-order valence-electron chi connectivity index (χ0n) is 11.1. The zero-order chi connectivity index (χ0) is 13.5. The molecule has 0 saturated carbocycles. The molecule has 0 radical (unpaired) electrons. The Balaban J connectivity index is 1.92. The number of thioether (sulfide) groups is 1. The summed E-state index contributed by atoms with van der Waals surface area (Å²) in [5.41, 5.74) is -0.210. The van der Waals surface area contributed by atoms with Crippen LogP contribution in [0.3, 0.4) is 0 Å². The Morgan fingerprint density at radius 1 is 1.32 bits per heavy atom. The van der Waals surface area contributed by atoms with Crippen LogP contribution in [-0.4, -0.2) is 22.2 Å². The van der Waals surface area contributed by atoms with E-state index < -0.39 is 5.60 Å². The fraction of sp³-hybridized carbons (Fsp3) is 0.600. The number of benzene rings is 1. The van der Waals surface area contributed by atoms with E-state index in [0.717, 1.165) is 12.8 Å². The minimum Gasteiger partial charge on any atom is -0.494 e. The molecule has 2 unspecified atom stereocenters. The van der Waals surface area contributed by atoms with Gasteiger partial charge in [-0.25, -0.2) is 4.39 Å². The Bertz CT molecular complexity index is 465. The highest BCUT2D eigenvalue weighted by molar-refractivity contribution is 8.00. The number of rotatable bonds is 3. The summed E-state index contributed by atoms with van der Waals surface area (Å²) in [6.07, 6.45) is 3.79. The van der Waals surface area contributed by atoms with E-state index in [1.54, 1.807) is 6.07 Å². The zero-order valence-corrected chi connectivity index (χ0v) is 11.9. The molecule has 2 aliphatic rings. The van der Waals surface area contributed by atoms with Gasteiger partial charge in [-0.15, -0.1) is 0 Å². The SMILES string of the molecule is CCOc1cc(F)cc(C2(O)CC3CCC(C2)S3)c1. The monoisotopic (exact) mass is 282 g/mol. The molecule has 0 aliphatic carbocycles. The first kappa shape index (κ1) is 13.3. The second-order valence-corrected chi connectivity index (χ2v) is 7.11. The van der Waals surface area contributed by atoms with Gasteiger partial charge in [0.15, 0.2) is 0 Å². The third-order valence-corrected chi connectivity index (χ3v) is 5.62. The van der Waals surface area contributed by atoms with Crippen LogP contribution in [0, 0.1) is 5.82 Å². The normalized spacial score (nSPS) is 33.4. The molecule has 2 heterocycles. The summed E-state index contributed by atoms with van der Waals surface area (Å²) in [6.45, 7) is 2.37. The smallest absolute Gasteiger partial charge is 0.127 e. The Morgan fingerprint density at radius 2 is 2.00 bits per heavy atom. The Kier molecular flexibility index (Phi) is 3.48. The summed E-state index contributed by atoms with van der Waals surface area (Å²) in [5, 5.41) is 11.9. The van der Waals surface area contributed by atoms with E-state index in [1.165, 1.54) is 25.0 Å². The van der Waals surface area contributed by atoms with Crippen molar-refractivity contribution in [2.45, 2.75) is 48.7 Å². The van der Waals surface area contributed by atoms with Gasteiger partial charge in [0.1, 0.15) is 11.6 Å². The Morgan fingerprint density at radius 3 is 2.63 bits per heavy atom. The van der Waals surface area contributed by atoms with Crippen molar-refractivity contribution in [2.24, 2.45) is 0 Å². The predicted molar refractivity (Wildman–Crippen MR) is 75.1 cm³/mol. The molecule has 104 valence electrons. The van der Waals surface area contributed by atoms with Crippen LogP contribution in [0.5, 0.6) is 5.75 Å². The van der Waals surface area contributed by atoms with Crippen molar-refractivity contribution in [3.8, 4) is 5.75 Å². The number of fused-ring (bicyclic) bond motifs is 2. The van der Waals surface area contributed by atoms with Gasteiger partial charge in [-0.1, -0.05) is 0 Å². The van der Waals surface area contributed by atoms with Crippen molar-refractivity contribution < 1.29 is 14.2 Å². The van der Waals surface area contributed by atoms with Crippen molar-refractivity contribution in [3.05, 3.63) is 29.6 Å². The second kappa shape index (κ2) is 4.98. The molecule has 2 bridgehead atoms.